The van der Waals surface area contributed by atoms with Gasteiger partial charge in [-0.3, -0.25) is 4.99 Å². The Balaban J connectivity index is 3.79. The van der Waals surface area contributed by atoms with Crippen LogP contribution in [0.3, 0.4) is 0 Å². The monoisotopic (exact) mass is 111 g/mol. The fourth-order valence-corrected chi connectivity index (χ4v) is 0.307. The zero-order valence-electron chi connectivity index (χ0n) is 4.83. The summed E-state index contributed by atoms with van der Waals surface area (Å²) in [6, 6.07) is 0. The Labute approximate surface area is 48.9 Å². The van der Waals surface area contributed by atoms with Gasteiger partial charge in [0.2, 0.25) is 0 Å². The molecular weight excluding hydrogens is 102 g/mol. The highest BCUT2D eigenvalue weighted by atomic mass is 16.3. The van der Waals surface area contributed by atoms with Gasteiger partial charge in [0.25, 0.3) is 0 Å². The molecule has 0 heterocycles. The number of aliphatic hydroxyl groups excluding tert-OH is 1. The van der Waals surface area contributed by atoms with Gasteiger partial charge >= 0.3 is 0 Å². The lowest BCUT2D eigenvalue weighted by Gasteiger charge is -1.82. The van der Waals surface area contributed by atoms with Crippen molar-refractivity contribution in [2.24, 2.45) is 4.99 Å². The first-order chi connectivity index (χ1) is 3.81. The van der Waals surface area contributed by atoms with E-state index in [-0.39, 0.29) is 5.76 Å². The lowest BCUT2D eigenvalue weighted by atomic mass is 10.5. The summed E-state index contributed by atoms with van der Waals surface area (Å²) in [6.45, 7) is 4.98. The molecule has 0 saturated carbocycles. The van der Waals surface area contributed by atoms with Crippen LogP contribution in [-0.2, 0) is 0 Å². The van der Waals surface area contributed by atoms with E-state index in [4.69, 9.17) is 5.11 Å². The maximum absolute atomic E-state index is 8.69. The molecule has 0 spiro atoms. The summed E-state index contributed by atoms with van der Waals surface area (Å²) in [5.41, 5.74) is 0. The largest absolute Gasteiger partial charge is 0.506 e. The molecule has 0 amide bonds. The highest BCUT2D eigenvalue weighted by Gasteiger charge is 1.75. The maximum Gasteiger partial charge on any atom is 0.133 e. The summed E-state index contributed by atoms with van der Waals surface area (Å²) < 4.78 is 0. The van der Waals surface area contributed by atoms with Gasteiger partial charge in [0.1, 0.15) is 5.76 Å². The molecule has 0 radical (unpaired) electrons. The first-order valence-electron chi connectivity index (χ1n) is 2.29. The van der Waals surface area contributed by atoms with Crippen molar-refractivity contribution in [3.8, 4) is 0 Å². The average Bonchev–Trinajstić information content (AvgIpc) is 1.68. The third-order valence-electron chi connectivity index (χ3n) is 0.561. The van der Waals surface area contributed by atoms with Crippen LogP contribution in [0.1, 0.15) is 6.92 Å². The van der Waals surface area contributed by atoms with E-state index >= 15 is 0 Å². The SMILES string of the molecule is C=N/C=C(O)\C=C/C. The summed E-state index contributed by atoms with van der Waals surface area (Å²) >= 11 is 0. The van der Waals surface area contributed by atoms with Gasteiger partial charge in [-0.2, -0.15) is 0 Å². The van der Waals surface area contributed by atoms with Crippen LogP contribution in [0.15, 0.2) is 29.1 Å². The van der Waals surface area contributed by atoms with E-state index in [0.29, 0.717) is 0 Å². The molecule has 0 saturated heterocycles. The molecule has 0 fully saturated rings. The number of rotatable bonds is 2. The van der Waals surface area contributed by atoms with Gasteiger partial charge in [-0.15, -0.1) is 0 Å². The predicted octanol–water partition coefficient (Wildman–Crippen LogP) is 1.66. The van der Waals surface area contributed by atoms with E-state index in [1.165, 1.54) is 12.3 Å². The summed E-state index contributed by atoms with van der Waals surface area (Å²) in [6.07, 6.45) is 4.53. The van der Waals surface area contributed by atoms with Gasteiger partial charge in [-0.1, -0.05) is 6.08 Å². The van der Waals surface area contributed by atoms with Crippen molar-refractivity contribution in [2.45, 2.75) is 6.92 Å². The minimum absolute atomic E-state index is 0.127. The van der Waals surface area contributed by atoms with Crippen LogP contribution in [0.4, 0.5) is 0 Å². The minimum Gasteiger partial charge on any atom is -0.506 e. The Bertz CT molecular complexity index is 124. The van der Waals surface area contributed by atoms with E-state index in [9.17, 15) is 0 Å². The molecule has 0 unspecified atom stereocenters. The van der Waals surface area contributed by atoms with E-state index in [1.807, 2.05) is 6.92 Å². The topological polar surface area (TPSA) is 32.6 Å². The second-order valence-corrected chi connectivity index (χ2v) is 1.24. The Kier molecular flexibility index (Phi) is 3.58. The Hall–Kier alpha value is -1.05. The lowest BCUT2D eigenvalue weighted by molar-refractivity contribution is 0.431. The van der Waals surface area contributed by atoms with E-state index in [0.717, 1.165) is 0 Å². The first-order valence-corrected chi connectivity index (χ1v) is 2.29. The van der Waals surface area contributed by atoms with Gasteiger partial charge in [-0.05, 0) is 19.7 Å². The number of allylic oxidation sites excluding steroid dienone is 2. The molecule has 1 N–H and O–H groups in total. The van der Waals surface area contributed by atoms with Crippen LogP contribution < -0.4 is 0 Å². The van der Waals surface area contributed by atoms with Crippen LogP contribution in [0.2, 0.25) is 0 Å². The standard InChI is InChI=1S/C6H9NO/c1-3-4-6(8)5-7-2/h3-5,8H,2H2,1H3/b4-3-,6-5+. The minimum atomic E-state index is 0.127. The Morgan fingerprint density at radius 1 is 1.75 bits per heavy atom. The second-order valence-electron chi connectivity index (χ2n) is 1.24. The van der Waals surface area contributed by atoms with Crippen LogP contribution >= 0.6 is 0 Å². The number of aliphatic hydroxyl groups is 1. The molecule has 0 aliphatic heterocycles. The molecule has 0 aromatic heterocycles. The van der Waals surface area contributed by atoms with Crippen LogP contribution in [0, 0.1) is 0 Å². The van der Waals surface area contributed by atoms with Crippen molar-refractivity contribution in [3.05, 3.63) is 24.1 Å². The van der Waals surface area contributed by atoms with Crippen LogP contribution in [0.25, 0.3) is 0 Å². The third-order valence-corrected chi connectivity index (χ3v) is 0.561. The molecular formula is C6H9NO. The average molecular weight is 111 g/mol. The van der Waals surface area contributed by atoms with Crippen molar-refractivity contribution in [2.75, 3.05) is 0 Å². The van der Waals surface area contributed by atoms with Crippen LogP contribution in [0.5, 0.6) is 0 Å². The van der Waals surface area contributed by atoms with Crippen molar-refractivity contribution >= 4 is 6.72 Å². The van der Waals surface area contributed by atoms with Crippen molar-refractivity contribution in [1.29, 1.82) is 0 Å². The van der Waals surface area contributed by atoms with Gasteiger partial charge in [0.05, 0.1) is 6.20 Å². The van der Waals surface area contributed by atoms with E-state index < -0.39 is 0 Å². The molecule has 44 valence electrons. The molecule has 0 bridgehead atoms. The van der Waals surface area contributed by atoms with E-state index in [1.54, 1.807) is 6.08 Å². The van der Waals surface area contributed by atoms with E-state index in [2.05, 4.69) is 11.7 Å². The highest BCUT2D eigenvalue weighted by Crippen LogP contribution is 1.88. The predicted molar refractivity (Wildman–Crippen MR) is 35.1 cm³/mol. The highest BCUT2D eigenvalue weighted by molar-refractivity contribution is 5.27. The van der Waals surface area contributed by atoms with Gasteiger partial charge in [-0.25, -0.2) is 0 Å². The number of aliphatic imine (C=N–C) groups is 1. The third kappa shape index (κ3) is 3.15. The summed E-state index contributed by atoms with van der Waals surface area (Å²) in [5, 5.41) is 8.69. The zero-order chi connectivity index (χ0) is 6.41. The number of nitrogens with zero attached hydrogens (tertiary/aromatic N) is 1. The molecule has 0 aliphatic rings. The quantitative estimate of drug-likeness (QED) is 0.328. The fraction of sp³-hybridized carbons (Fsp3) is 0.167. The van der Waals surface area contributed by atoms with Crippen LogP contribution in [-0.4, -0.2) is 11.8 Å². The number of hydrogen-bond acceptors (Lipinski definition) is 2. The molecule has 0 aliphatic carbocycles. The molecule has 8 heavy (non-hydrogen) atoms. The van der Waals surface area contributed by atoms with Gasteiger partial charge in [0.15, 0.2) is 0 Å². The Morgan fingerprint density at radius 2 is 2.38 bits per heavy atom. The number of hydrogen-bond donors (Lipinski definition) is 1. The molecule has 2 heteroatoms. The van der Waals surface area contributed by atoms with Crippen molar-refractivity contribution in [1.82, 2.24) is 0 Å². The molecule has 0 rings (SSSR count). The molecule has 0 aromatic carbocycles. The molecule has 0 aromatic rings. The van der Waals surface area contributed by atoms with Gasteiger partial charge in [0, 0.05) is 0 Å². The summed E-state index contributed by atoms with van der Waals surface area (Å²) in [4.78, 5) is 3.34. The second kappa shape index (κ2) is 4.12. The molecule has 0 atom stereocenters. The smallest absolute Gasteiger partial charge is 0.133 e. The zero-order valence-corrected chi connectivity index (χ0v) is 4.83. The van der Waals surface area contributed by atoms with Crippen molar-refractivity contribution in [3.63, 3.8) is 0 Å². The van der Waals surface area contributed by atoms with Gasteiger partial charge < -0.3 is 5.11 Å². The lowest BCUT2D eigenvalue weighted by Crippen LogP contribution is -1.68. The fourth-order valence-electron chi connectivity index (χ4n) is 0.307. The summed E-state index contributed by atoms with van der Waals surface area (Å²) in [7, 11) is 0. The normalized spacial score (nSPS) is 12.4. The van der Waals surface area contributed by atoms with Crippen molar-refractivity contribution < 1.29 is 5.11 Å². The first kappa shape index (κ1) is 6.95. The summed E-state index contributed by atoms with van der Waals surface area (Å²) in [5.74, 6) is 0.127. The maximum atomic E-state index is 8.69. The molecule has 2 nitrogen and oxygen atoms in total. The Morgan fingerprint density at radius 3 is 2.75 bits per heavy atom.